The van der Waals surface area contributed by atoms with Crippen LogP contribution in [0, 0.1) is 6.92 Å². The van der Waals surface area contributed by atoms with Crippen LogP contribution in [-0.4, -0.2) is 41.0 Å². The summed E-state index contributed by atoms with van der Waals surface area (Å²) in [5, 5.41) is 4.38. The fraction of sp³-hybridized carbons (Fsp3) is 0.360. The van der Waals surface area contributed by atoms with Gasteiger partial charge in [0.25, 0.3) is 5.56 Å². The van der Waals surface area contributed by atoms with E-state index < -0.39 is 12.0 Å². The Labute approximate surface area is 202 Å². The summed E-state index contributed by atoms with van der Waals surface area (Å²) in [5.41, 5.74) is 4.48. The number of rotatable bonds is 6. The third-order valence-corrected chi connectivity index (χ3v) is 6.95. The molecule has 0 amide bonds. The summed E-state index contributed by atoms with van der Waals surface area (Å²) in [6.07, 6.45) is 3.62. The molecule has 8 nitrogen and oxygen atoms in total. The molecule has 3 aromatic rings. The average molecular weight is 480 g/mol. The van der Waals surface area contributed by atoms with Crippen LogP contribution in [0.4, 0.5) is 5.69 Å². The second-order valence-corrected chi connectivity index (χ2v) is 9.30. The molecule has 2 aromatic heterocycles. The smallest absolute Gasteiger partial charge is 0.338 e. The van der Waals surface area contributed by atoms with Gasteiger partial charge in [0.05, 0.1) is 34.6 Å². The molecule has 4 rings (SSSR count). The van der Waals surface area contributed by atoms with Crippen molar-refractivity contribution in [2.45, 2.75) is 40.3 Å². The van der Waals surface area contributed by atoms with E-state index in [1.165, 1.54) is 11.3 Å². The largest absolute Gasteiger partial charge is 0.463 e. The molecule has 3 heterocycles. The lowest BCUT2D eigenvalue weighted by Gasteiger charge is -2.25. The molecule has 0 saturated heterocycles. The highest BCUT2D eigenvalue weighted by Crippen LogP contribution is 2.31. The van der Waals surface area contributed by atoms with Crippen molar-refractivity contribution in [1.82, 2.24) is 14.3 Å². The molecule has 1 aliphatic rings. The van der Waals surface area contributed by atoms with Gasteiger partial charge in [-0.1, -0.05) is 23.5 Å². The van der Waals surface area contributed by atoms with Crippen LogP contribution in [0.25, 0.3) is 6.08 Å². The minimum Gasteiger partial charge on any atom is -0.463 e. The van der Waals surface area contributed by atoms with Crippen LogP contribution in [0.3, 0.4) is 0 Å². The maximum absolute atomic E-state index is 13.7. The van der Waals surface area contributed by atoms with Crippen molar-refractivity contribution >= 4 is 29.1 Å². The summed E-state index contributed by atoms with van der Waals surface area (Å²) in [6.45, 7) is 8.57. The van der Waals surface area contributed by atoms with Crippen LogP contribution in [0.2, 0.25) is 0 Å². The van der Waals surface area contributed by atoms with Crippen molar-refractivity contribution in [2.75, 3.05) is 25.6 Å². The van der Waals surface area contributed by atoms with Crippen molar-refractivity contribution < 1.29 is 9.53 Å². The monoisotopic (exact) mass is 479 g/mol. The fourth-order valence-electron chi connectivity index (χ4n) is 4.12. The number of carbonyl (C=O) groups excluding carboxylic acids is 1. The Morgan fingerprint density at radius 1 is 1.21 bits per heavy atom. The van der Waals surface area contributed by atoms with Gasteiger partial charge in [0, 0.05) is 37.6 Å². The molecule has 1 atom stereocenters. The summed E-state index contributed by atoms with van der Waals surface area (Å²) in [6, 6.07) is 7.24. The van der Waals surface area contributed by atoms with Gasteiger partial charge in [0.1, 0.15) is 0 Å². The number of anilines is 1. The SMILES string of the molecule is CCOC(=O)C1=C(C)N=c2s/c(=C/c3cnn(CC)c3C)c(=O)n2[C@H]1c1ccc(N(C)C)cc1. The molecule has 0 radical (unpaired) electrons. The van der Waals surface area contributed by atoms with Gasteiger partial charge >= 0.3 is 5.97 Å². The maximum Gasteiger partial charge on any atom is 0.338 e. The zero-order chi connectivity index (χ0) is 24.6. The van der Waals surface area contributed by atoms with E-state index in [9.17, 15) is 9.59 Å². The number of benzene rings is 1. The average Bonchev–Trinajstić information content (AvgIpc) is 3.32. The van der Waals surface area contributed by atoms with Gasteiger partial charge in [0.2, 0.25) is 0 Å². The number of carbonyl (C=O) groups is 1. The van der Waals surface area contributed by atoms with E-state index in [1.54, 1.807) is 24.6 Å². The number of aromatic nitrogens is 3. The highest BCUT2D eigenvalue weighted by Gasteiger charge is 2.33. The second kappa shape index (κ2) is 9.42. The molecule has 1 aliphatic heterocycles. The first kappa shape index (κ1) is 23.7. The van der Waals surface area contributed by atoms with E-state index in [0.717, 1.165) is 29.1 Å². The quantitative estimate of drug-likeness (QED) is 0.507. The molecular weight excluding hydrogens is 450 g/mol. The van der Waals surface area contributed by atoms with Crippen LogP contribution in [-0.2, 0) is 16.1 Å². The number of nitrogens with zero attached hydrogens (tertiary/aromatic N) is 5. The van der Waals surface area contributed by atoms with E-state index in [1.807, 2.05) is 67.9 Å². The Bertz CT molecular complexity index is 1440. The van der Waals surface area contributed by atoms with Gasteiger partial charge in [-0.2, -0.15) is 5.10 Å². The molecule has 0 aliphatic carbocycles. The normalized spacial score (nSPS) is 15.8. The Kier molecular flexibility index (Phi) is 6.56. The summed E-state index contributed by atoms with van der Waals surface area (Å²) in [5.74, 6) is -0.459. The lowest BCUT2D eigenvalue weighted by molar-refractivity contribution is -0.139. The maximum atomic E-state index is 13.7. The first-order chi connectivity index (χ1) is 16.3. The van der Waals surface area contributed by atoms with Crippen molar-refractivity contribution in [3.8, 4) is 0 Å². The number of ether oxygens (including phenoxy) is 1. The Morgan fingerprint density at radius 2 is 1.91 bits per heavy atom. The molecule has 0 saturated carbocycles. The number of fused-ring (bicyclic) bond motifs is 1. The molecular formula is C25H29N5O3S. The van der Waals surface area contributed by atoms with Gasteiger partial charge in [-0.3, -0.25) is 14.0 Å². The van der Waals surface area contributed by atoms with Crippen molar-refractivity contribution in [3.63, 3.8) is 0 Å². The number of aryl methyl sites for hydroxylation is 1. The van der Waals surface area contributed by atoms with E-state index >= 15 is 0 Å². The van der Waals surface area contributed by atoms with Crippen LogP contribution >= 0.6 is 11.3 Å². The minimum absolute atomic E-state index is 0.191. The fourth-order valence-corrected chi connectivity index (χ4v) is 5.16. The zero-order valence-corrected chi connectivity index (χ0v) is 21.1. The highest BCUT2D eigenvalue weighted by molar-refractivity contribution is 7.07. The standard InChI is InChI=1S/C25H29N5O3S/c1-7-29-16(4)18(14-26-29)13-20-23(31)30-22(17-9-11-19(12-10-17)28(5)6)21(24(32)33-8-2)15(3)27-25(30)34-20/h9-14,22H,7-8H2,1-6H3/b20-13+/t22-/m0/s1. The van der Waals surface area contributed by atoms with Gasteiger partial charge < -0.3 is 9.64 Å². The van der Waals surface area contributed by atoms with Gasteiger partial charge in [0.15, 0.2) is 4.80 Å². The Hall–Kier alpha value is -3.46. The zero-order valence-electron chi connectivity index (χ0n) is 20.3. The Morgan fingerprint density at radius 3 is 2.50 bits per heavy atom. The van der Waals surface area contributed by atoms with Gasteiger partial charge in [-0.05, 0) is 51.5 Å². The first-order valence-corrected chi connectivity index (χ1v) is 12.1. The first-order valence-electron chi connectivity index (χ1n) is 11.3. The van der Waals surface area contributed by atoms with E-state index in [4.69, 9.17) is 4.74 Å². The number of hydrogen-bond acceptors (Lipinski definition) is 7. The molecule has 0 spiro atoms. The minimum atomic E-state index is -0.617. The lowest BCUT2D eigenvalue weighted by atomic mass is 9.95. The predicted octanol–water partition coefficient (Wildman–Crippen LogP) is 2.39. The number of allylic oxidation sites excluding steroid dienone is 1. The third-order valence-electron chi connectivity index (χ3n) is 5.97. The topological polar surface area (TPSA) is 81.7 Å². The van der Waals surface area contributed by atoms with E-state index in [0.29, 0.717) is 20.6 Å². The summed E-state index contributed by atoms with van der Waals surface area (Å²) in [7, 11) is 3.93. The van der Waals surface area contributed by atoms with E-state index in [-0.39, 0.29) is 12.2 Å². The third kappa shape index (κ3) is 4.11. The molecule has 0 N–H and O–H groups in total. The number of esters is 1. The molecule has 178 valence electrons. The number of hydrogen-bond donors (Lipinski definition) is 0. The van der Waals surface area contributed by atoms with Crippen molar-refractivity contribution in [2.24, 2.45) is 4.99 Å². The van der Waals surface area contributed by atoms with Gasteiger partial charge in [-0.25, -0.2) is 9.79 Å². The highest BCUT2D eigenvalue weighted by atomic mass is 32.1. The van der Waals surface area contributed by atoms with Crippen LogP contribution in [0.5, 0.6) is 0 Å². The Balaban J connectivity index is 1.93. The number of thiazole rings is 1. The summed E-state index contributed by atoms with van der Waals surface area (Å²) < 4.78 is 9.41. The van der Waals surface area contributed by atoms with Crippen LogP contribution in [0.15, 0.2) is 51.5 Å². The van der Waals surface area contributed by atoms with Gasteiger partial charge in [-0.15, -0.1) is 0 Å². The van der Waals surface area contributed by atoms with Crippen LogP contribution in [0.1, 0.15) is 43.6 Å². The molecule has 9 heteroatoms. The molecule has 0 fully saturated rings. The summed E-state index contributed by atoms with van der Waals surface area (Å²) in [4.78, 5) is 33.8. The lowest BCUT2D eigenvalue weighted by Crippen LogP contribution is -2.40. The molecule has 1 aromatic carbocycles. The summed E-state index contributed by atoms with van der Waals surface area (Å²) >= 11 is 1.32. The molecule has 0 bridgehead atoms. The molecule has 34 heavy (non-hydrogen) atoms. The van der Waals surface area contributed by atoms with Crippen molar-refractivity contribution in [1.29, 1.82) is 0 Å². The predicted molar refractivity (Wildman–Crippen MR) is 134 cm³/mol. The second-order valence-electron chi connectivity index (χ2n) is 8.29. The molecule has 0 unspecified atom stereocenters. The van der Waals surface area contributed by atoms with Crippen molar-refractivity contribution in [3.05, 3.63) is 78.2 Å². The van der Waals surface area contributed by atoms with E-state index in [2.05, 4.69) is 10.1 Å². The van der Waals surface area contributed by atoms with Crippen LogP contribution < -0.4 is 19.8 Å².